The van der Waals surface area contributed by atoms with Crippen molar-refractivity contribution in [3.8, 4) is 11.4 Å². The van der Waals surface area contributed by atoms with Crippen LogP contribution in [0, 0.1) is 5.82 Å². The number of rotatable bonds is 3. The van der Waals surface area contributed by atoms with Crippen molar-refractivity contribution < 1.29 is 4.39 Å². The van der Waals surface area contributed by atoms with E-state index in [-0.39, 0.29) is 5.82 Å². The highest BCUT2D eigenvalue weighted by atomic mass is 19.1. The summed E-state index contributed by atoms with van der Waals surface area (Å²) in [4.78, 5) is 4.28. The molecule has 0 radical (unpaired) electrons. The smallest absolute Gasteiger partial charge is 0.181 e. The van der Waals surface area contributed by atoms with Gasteiger partial charge in [0.25, 0.3) is 0 Å². The predicted octanol–water partition coefficient (Wildman–Crippen LogP) is 3.13. The third-order valence-electron chi connectivity index (χ3n) is 2.83. The van der Waals surface area contributed by atoms with Gasteiger partial charge in [-0.05, 0) is 17.7 Å². The van der Waals surface area contributed by atoms with Crippen LogP contribution in [0.1, 0.15) is 5.56 Å². The fourth-order valence-corrected chi connectivity index (χ4v) is 1.87. The molecule has 0 aliphatic heterocycles. The van der Waals surface area contributed by atoms with Crippen molar-refractivity contribution in [3.05, 3.63) is 72.3 Å². The van der Waals surface area contributed by atoms with Crippen LogP contribution in [-0.2, 0) is 6.54 Å². The number of hydrogen-bond donors (Lipinski definition) is 0. The molecule has 1 heterocycles. The lowest BCUT2D eigenvalue weighted by molar-refractivity contribution is 0.624. The molecule has 0 atom stereocenters. The van der Waals surface area contributed by atoms with E-state index in [1.54, 1.807) is 23.1 Å². The Hall–Kier alpha value is -2.49. The van der Waals surface area contributed by atoms with Crippen LogP contribution in [0.5, 0.6) is 0 Å². The summed E-state index contributed by atoms with van der Waals surface area (Å²) in [6, 6.07) is 16.2. The van der Waals surface area contributed by atoms with E-state index in [4.69, 9.17) is 0 Å². The summed E-state index contributed by atoms with van der Waals surface area (Å²) in [5, 5.41) is 4.41. The minimum Gasteiger partial charge on any atom is -0.248 e. The molecule has 0 unspecified atom stereocenters. The molecule has 0 fully saturated rings. The number of aromatic nitrogens is 3. The zero-order valence-electron chi connectivity index (χ0n) is 10.2. The molecule has 0 saturated heterocycles. The van der Waals surface area contributed by atoms with Gasteiger partial charge < -0.3 is 0 Å². The highest BCUT2D eigenvalue weighted by molar-refractivity contribution is 5.53. The number of benzene rings is 2. The number of nitrogens with zero attached hydrogens (tertiary/aromatic N) is 3. The molecule has 3 nitrogen and oxygen atoms in total. The van der Waals surface area contributed by atoms with E-state index in [1.165, 1.54) is 12.1 Å². The van der Waals surface area contributed by atoms with Gasteiger partial charge in [-0.2, -0.15) is 5.10 Å². The normalized spacial score (nSPS) is 10.6. The summed E-state index contributed by atoms with van der Waals surface area (Å²) < 4.78 is 14.6. The Morgan fingerprint density at radius 2 is 1.68 bits per heavy atom. The predicted molar refractivity (Wildman–Crippen MR) is 71.0 cm³/mol. The lowest BCUT2D eigenvalue weighted by Crippen LogP contribution is -2.00. The average Bonchev–Trinajstić information content (AvgIpc) is 2.91. The first-order valence-electron chi connectivity index (χ1n) is 6.00. The standard InChI is InChI=1S/C15H12FN3/c16-14-8-6-12(7-9-14)10-19-11-17-15(18-19)13-4-2-1-3-5-13/h1-9,11H,10H2. The van der Waals surface area contributed by atoms with E-state index in [1.807, 2.05) is 30.3 Å². The van der Waals surface area contributed by atoms with Gasteiger partial charge in [-0.1, -0.05) is 42.5 Å². The van der Waals surface area contributed by atoms with Crippen molar-refractivity contribution in [1.29, 1.82) is 0 Å². The maximum absolute atomic E-state index is 12.8. The first-order chi connectivity index (χ1) is 9.31. The van der Waals surface area contributed by atoms with E-state index in [0.717, 1.165) is 11.1 Å². The minimum atomic E-state index is -0.229. The van der Waals surface area contributed by atoms with Crippen LogP contribution >= 0.6 is 0 Å². The van der Waals surface area contributed by atoms with Crippen LogP contribution < -0.4 is 0 Å². The molecule has 0 bridgehead atoms. The molecule has 0 aliphatic rings. The summed E-state index contributed by atoms with van der Waals surface area (Å²) >= 11 is 0. The average molecular weight is 253 g/mol. The van der Waals surface area contributed by atoms with Gasteiger partial charge in [-0.25, -0.2) is 14.1 Å². The SMILES string of the molecule is Fc1ccc(Cn2cnc(-c3ccccc3)n2)cc1. The monoisotopic (exact) mass is 253 g/mol. The number of halogens is 1. The van der Waals surface area contributed by atoms with Crippen LogP contribution in [0.4, 0.5) is 4.39 Å². The number of hydrogen-bond acceptors (Lipinski definition) is 2. The van der Waals surface area contributed by atoms with Crippen molar-refractivity contribution in [2.75, 3.05) is 0 Å². The fourth-order valence-electron chi connectivity index (χ4n) is 1.87. The molecule has 0 aliphatic carbocycles. The Morgan fingerprint density at radius 3 is 2.42 bits per heavy atom. The molecular weight excluding hydrogens is 241 g/mol. The molecule has 2 aromatic carbocycles. The topological polar surface area (TPSA) is 30.7 Å². The highest BCUT2D eigenvalue weighted by Crippen LogP contribution is 2.13. The quantitative estimate of drug-likeness (QED) is 0.718. The van der Waals surface area contributed by atoms with Crippen molar-refractivity contribution in [2.24, 2.45) is 0 Å². The van der Waals surface area contributed by atoms with Crippen molar-refractivity contribution in [2.45, 2.75) is 6.54 Å². The van der Waals surface area contributed by atoms with E-state index in [0.29, 0.717) is 12.4 Å². The Labute approximate surface area is 110 Å². The van der Waals surface area contributed by atoms with Crippen LogP contribution in [0.3, 0.4) is 0 Å². The van der Waals surface area contributed by atoms with Gasteiger partial charge in [-0.3, -0.25) is 0 Å². The largest absolute Gasteiger partial charge is 0.248 e. The van der Waals surface area contributed by atoms with Crippen molar-refractivity contribution in [1.82, 2.24) is 14.8 Å². The Kier molecular flexibility index (Phi) is 3.06. The van der Waals surface area contributed by atoms with E-state index >= 15 is 0 Å². The van der Waals surface area contributed by atoms with Gasteiger partial charge in [0.1, 0.15) is 12.1 Å². The third kappa shape index (κ3) is 2.68. The van der Waals surface area contributed by atoms with Gasteiger partial charge in [-0.15, -0.1) is 0 Å². The van der Waals surface area contributed by atoms with Gasteiger partial charge >= 0.3 is 0 Å². The van der Waals surface area contributed by atoms with Crippen LogP contribution in [0.25, 0.3) is 11.4 Å². The highest BCUT2D eigenvalue weighted by Gasteiger charge is 2.03. The van der Waals surface area contributed by atoms with E-state index < -0.39 is 0 Å². The Balaban J connectivity index is 1.80. The zero-order valence-corrected chi connectivity index (χ0v) is 10.2. The lowest BCUT2D eigenvalue weighted by Gasteiger charge is -2.00. The Bertz CT molecular complexity index is 659. The van der Waals surface area contributed by atoms with Crippen LogP contribution in [-0.4, -0.2) is 14.8 Å². The molecular formula is C15H12FN3. The maximum Gasteiger partial charge on any atom is 0.181 e. The zero-order chi connectivity index (χ0) is 13.1. The molecule has 4 heteroatoms. The molecule has 0 spiro atoms. The molecule has 3 aromatic rings. The molecule has 0 N–H and O–H groups in total. The third-order valence-corrected chi connectivity index (χ3v) is 2.83. The second-order valence-corrected chi connectivity index (χ2v) is 4.26. The molecule has 3 rings (SSSR count). The Morgan fingerprint density at radius 1 is 0.947 bits per heavy atom. The first kappa shape index (κ1) is 11.6. The lowest BCUT2D eigenvalue weighted by atomic mass is 10.2. The summed E-state index contributed by atoms with van der Waals surface area (Å²) in [7, 11) is 0. The van der Waals surface area contributed by atoms with Crippen LogP contribution in [0.15, 0.2) is 60.9 Å². The molecule has 1 aromatic heterocycles. The molecule has 0 saturated carbocycles. The first-order valence-corrected chi connectivity index (χ1v) is 6.00. The van der Waals surface area contributed by atoms with Gasteiger partial charge in [0.15, 0.2) is 5.82 Å². The summed E-state index contributed by atoms with van der Waals surface area (Å²) in [6.45, 7) is 0.583. The molecule has 0 amide bonds. The van der Waals surface area contributed by atoms with Gasteiger partial charge in [0, 0.05) is 5.56 Å². The summed E-state index contributed by atoms with van der Waals surface area (Å²) in [6.07, 6.45) is 1.69. The maximum atomic E-state index is 12.8. The molecule has 19 heavy (non-hydrogen) atoms. The second kappa shape index (κ2) is 5.02. The second-order valence-electron chi connectivity index (χ2n) is 4.26. The van der Waals surface area contributed by atoms with Gasteiger partial charge in [0.05, 0.1) is 6.54 Å². The van der Waals surface area contributed by atoms with E-state index in [9.17, 15) is 4.39 Å². The minimum absolute atomic E-state index is 0.229. The molecule has 94 valence electrons. The summed E-state index contributed by atoms with van der Waals surface area (Å²) in [5.74, 6) is 0.468. The van der Waals surface area contributed by atoms with E-state index in [2.05, 4.69) is 10.1 Å². The van der Waals surface area contributed by atoms with Crippen LogP contribution in [0.2, 0.25) is 0 Å². The van der Waals surface area contributed by atoms with Crippen molar-refractivity contribution >= 4 is 0 Å². The fraction of sp³-hybridized carbons (Fsp3) is 0.0667. The van der Waals surface area contributed by atoms with Crippen molar-refractivity contribution in [3.63, 3.8) is 0 Å². The summed E-state index contributed by atoms with van der Waals surface area (Å²) in [5.41, 5.74) is 1.98. The van der Waals surface area contributed by atoms with Gasteiger partial charge in [0.2, 0.25) is 0 Å².